The first kappa shape index (κ1) is 12.9. The van der Waals surface area contributed by atoms with Crippen molar-refractivity contribution in [1.82, 2.24) is 9.97 Å². The van der Waals surface area contributed by atoms with Crippen molar-refractivity contribution >= 4 is 5.82 Å². The van der Waals surface area contributed by atoms with Crippen molar-refractivity contribution in [3.05, 3.63) is 17.6 Å². The average molecular weight is 223 g/mol. The molecule has 0 saturated carbocycles. The van der Waals surface area contributed by atoms with Gasteiger partial charge in [-0.25, -0.2) is 9.97 Å². The predicted octanol–water partition coefficient (Wildman–Crippen LogP) is 2.39. The van der Waals surface area contributed by atoms with Crippen LogP contribution in [0, 0.1) is 12.8 Å². The van der Waals surface area contributed by atoms with Crippen molar-refractivity contribution in [2.45, 2.75) is 40.4 Å². The van der Waals surface area contributed by atoms with Crippen molar-refractivity contribution in [3.8, 4) is 0 Å². The lowest BCUT2D eigenvalue weighted by Gasteiger charge is -2.16. The van der Waals surface area contributed by atoms with E-state index in [1.165, 1.54) is 0 Å². The minimum Gasteiger partial charge on any atom is -0.373 e. The monoisotopic (exact) mass is 223 g/mol. The fraction of sp³-hybridized carbons (Fsp3) is 0.667. The van der Waals surface area contributed by atoms with Gasteiger partial charge in [0.1, 0.15) is 12.4 Å². The third-order valence-electron chi connectivity index (χ3n) is 2.57. The van der Waals surface area contributed by atoms with Gasteiger partial charge >= 0.3 is 0 Å². The summed E-state index contributed by atoms with van der Waals surface area (Å²) >= 11 is 0. The molecule has 1 aromatic rings. The van der Waals surface area contributed by atoms with Crippen LogP contribution in [-0.2, 0) is 11.3 Å². The number of hydrogen-bond donors (Lipinski definition) is 1. The molecule has 1 atom stereocenters. The number of anilines is 1. The minimum atomic E-state index is 0.224. The van der Waals surface area contributed by atoms with Gasteiger partial charge in [-0.1, -0.05) is 13.8 Å². The molecule has 0 aliphatic heterocycles. The number of rotatable bonds is 5. The Morgan fingerprint density at radius 1 is 1.31 bits per heavy atom. The Morgan fingerprint density at radius 2 is 2.00 bits per heavy atom. The summed E-state index contributed by atoms with van der Waals surface area (Å²) in [7, 11) is 1.85. The Balaban J connectivity index is 2.63. The zero-order valence-electron chi connectivity index (χ0n) is 10.7. The van der Waals surface area contributed by atoms with Gasteiger partial charge in [0.15, 0.2) is 5.82 Å². The number of hydrogen-bond acceptors (Lipinski definition) is 4. The summed E-state index contributed by atoms with van der Waals surface area (Å²) in [5.74, 6) is 2.08. The number of nitrogens with one attached hydrogen (secondary N) is 1. The highest BCUT2D eigenvalue weighted by molar-refractivity contribution is 5.34. The van der Waals surface area contributed by atoms with Crippen LogP contribution in [0.5, 0.6) is 0 Å². The quantitative estimate of drug-likeness (QED) is 0.832. The fourth-order valence-corrected chi connectivity index (χ4v) is 1.22. The van der Waals surface area contributed by atoms with Crippen LogP contribution in [0.1, 0.15) is 32.3 Å². The SMILES string of the molecule is CNc1cc(C)nc(COC(C)C(C)C)n1. The van der Waals surface area contributed by atoms with Crippen molar-refractivity contribution in [1.29, 1.82) is 0 Å². The second-order valence-electron chi connectivity index (χ2n) is 4.32. The smallest absolute Gasteiger partial charge is 0.156 e. The molecule has 0 amide bonds. The fourth-order valence-electron chi connectivity index (χ4n) is 1.22. The van der Waals surface area contributed by atoms with E-state index < -0.39 is 0 Å². The van der Waals surface area contributed by atoms with E-state index in [1.54, 1.807) is 0 Å². The lowest BCUT2D eigenvalue weighted by molar-refractivity contribution is 0.0200. The Hall–Kier alpha value is -1.16. The molecular weight excluding hydrogens is 202 g/mol. The number of aromatic nitrogens is 2. The highest BCUT2D eigenvalue weighted by Gasteiger charge is 2.09. The lowest BCUT2D eigenvalue weighted by Crippen LogP contribution is -2.16. The zero-order chi connectivity index (χ0) is 12.1. The molecular formula is C12H21N3O. The Labute approximate surface area is 97.5 Å². The predicted molar refractivity (Wildman–Crippen MR) is 65.4 cm³/mol. The van der Waals surface area contributed by atoms with Gasteiger partial charge in [-0.2, -0.15) is 0 Å². The van der Waals surface area contributed by atoms with Crippen molar-refractivity contribution in [2.75, 3.05) is 12.4 Å². The maximum atomic E-state index is 5.69. The summed E-state index contributed by atoms with van der Waals surface area (Å²) in [6.07, 6.45) is 0.224. The summed E-state index contributed by atoms with van der Waals surface area (Å²) < 4.78 is 5.69. The van der Waals surface area contributed by atoms with Crippen LogP contribution < -0.4 is 5.32 Å². The zero-order valence-corrected chi connectivity index (χ0v) is 10.7. The van der Waals surface area contributed by atoms with Gasteiger partial charge < -0.3 is 10.1 Å². The molecule has 0 bridgehead atoms. The van der Waals surface area contributed by atoms with Crippen LogP contribution in [0.4, 0.5) is 5.82 Å². The minimum absolute atomic E-state index is 0.224. The molecule has 4 heteroatoms. The summed E-state index contributed by atoms with van der Waals surface area (Å²) in [5.41, 5.74) is 0.954. The molecule has 1 rings (SSSR count). The van der Waals surface area contributed by atoms with E-state index in [4.69, 9.17) is 4.74 Å². The average Bonchev–Trinajstić information content (AvgIpc) is 2.24. The first-order chi connectivity index (χ1) is 7.52. The molecule has 90 valence electrons. The molecule has 16 heavy (non-hydrogen) atoms. The summed E-state index contributed by atoms with van der Waals surface area (Å²) in [6.45, 7) is 8.77. The van der Waals surface area contributed by atoms with Crippen LogP contribution in [0.3, 0.4) is 0 Å². The van der Waals surface area contributed by atoms with E-state index in [2.05, 4.69) is 36.1 Å². The van der Waals surface area contributed by atoms with E-state index in [1.807, 2.05) is 20.0 Å². The molecule has 4 nitrogen and oxygen atoms in total. The summed E-state index contributed by atoms with van der Waals surface area (Å²) in [6, 6.07) is 1.91. The molecule has 1 heterocycles. The van der Waals surface area contributed by atoms with Gasteiger partial charge in [0, 0.05) is 18.8 Å². The normalized spacial score (nSPS) is 12.9. The lowest BCUT2D eigenvalue weighted by atomic mass is 10.1. The molecule has 0 saturated heterocycles. The Morgan fingerprint density at radius 3 is 2.56 bits per heavy atom. The molecule has 1 aromatic heterocycles. The van der Waals surface area contributed by atoms with Gasteiger partial charge in [0.2, 0.25) is 0 Å². The van der Waals surface area contributed by atoms with Crippen LogP contribution >= 0.6 is 0 Å². The molecule has 0 aromatic carbocycles. The van der Waals surface area contributed by atoms with E-state index in [0.717, 1.165) is 17.3 Å². The van der Waals surface area contributed by atoms with E-state index >= 15 is 0 Å². The molecule has 0 spiro atoms. The number of ether oxygens (including phenoxy) is 1. The van der Waals surface area contributed by atoms with Gasteiger partial charge in [-0.3, -0.25) is 0 Å². The van der Waals surface area contributed by atoms with Crippen LogP contribution in [0.25, 0.3) is 0 Å². The Bertz CT molecular complexity index is 339. The first-order valence-corrected chi connectivity index (χ1v) is 5.67. The van der Waals surface area contributed by atoms with Gasteiger partial charge in [0.25, 0.3) is 0 Å². The number of aryl methyl sites for hydroxylation is 1. The summed E-state index contributed by atoms with van der Waals surface area (Å²) in [5, 5.41) is 3.01. The van der Waals surface area contributed by atoms with E-state index in [9.17, 15) is 0 Å². The first-order valence-electron chi connectivity index (χ1n) is 5.67. The van der Waals surface area contributed by atoms with Gasteiger partial charge in [0.05, 0.1) is 6.10 Å². The second-order valence-corrected chi connectivity index (χ2v) is 4.32. The van der Waals surface area contributed by atoms with E-state index in [0.29, 0.717) is 12.5 Å². The van der Waals surface area contributed by atoms with Crippen LogP contribution in [0.2, 0.25) is 0 Å². The third kappa shape index (κ3) is 3.77. The van der Waals surface area contributed by atoms with Gasteiger partial charge in [-0.15, -0.1) is 0 Å². The highest BCUT2D eigenvalue weighted by atomic mass is 16.5. The van der Waals surface area contributed by atoms with Gasteiger partial charge in [-0.05, 0) is 19.8 Å². The van der Waals surface area contributed by atoms with E-state index in [-0.39, 0.29) is 6.10 Å². The maximum Gasteiger partial charge on any atom is 0.156 e. The molecule has 0 fully saturated rings. The van der Waals surface area contributed by atoms with Crippen molar-refractivity contribution < 1.29 is 4.74 Å². The second kappa shape index (κ2) is 5.80. The molecule has 0 aliphatic carbocycles. The third-order valence-corrected chi connectivity index (χ3v) is 2.57. The molecule has 1 unspecified atom stereocenters. The molecule has 0 aliphatic rings. The standard InChI is InChI=1S/C12H21N3O/c1-8(2)10(4)16-7-12-14-9(3)6-11(13-5)15-12/h6,8,10H,7H2,1-5H3,(H,13,14,15). The Kier molecular flexibility index (Phi) is 4.68. The van der Waals surface area contributed by atoms with Crippen LogP contribution in [-0.4, -0.2) is 23.1 Å². The largest absolute Gasteiger partial charge is 0.373 e. The molecule has 1 N–H and O–H groups in total. The van der Waals surface area contributed by atoms with Crippen molar-refractivity contribution in [3.63, 3.8) is 0 Å². The summed E-state index contributed by atoms with van der Waals surface area (Å²) in [4.78, 5) is 8.67. The topological polar surface area (TPSA) is 47.0 Å². The maximum absolute atomic E-state index is 5.69. The molecule has 0 radical (unpaired) electrons. The van der Waals surface area contributed by atoms with Crippen molar-refractivity contribution in [2.24, 2.45) is 5.92 Å². The van der Waals surface area contributed by atoms with Crippen LogP contribution in [0.15, 0.2) is 6.07 Å². The number of nitrogens with zero attached hydrogens (tertiary/aromatic N) is 2. The highest BCUT2D eigenvalue weighted by Crippen LogP contribution is 2.10.